The maximum absolute atomic E-state index is 2.42. The molecular weight excluding hydrogens is 795 g/mol. The Labute approximate surface area is 387 Å². The summed E-state index contributed by atoms with van der Waals surface area (Å²) < 4.78 is 0. The molecule has 1 heteroatoms. The van der Waals surface area contributed by atoms with E-state index < -0.39 is 0 Å². The monoisotopic (exact) mass is 841 g/mol. The summed E-state index contributed by atoms with van der Waals surface area (Å²) in [5.41, 5.74) is 20.7. The highest BCUT2D eigenvalue weighted by atomic mass is 15.1. The fourth-order valence-electron chi connectivity index (χ4n) is 10.5. The van der Waals surface area contributed by atoms with Gasteiger partial charge in [0.15, 0.2) is 0 Å². The van der Waals surface area contributed by atoms with Crippen LogP contribution >= 0.6 is 0 Å². The summed E-state index contributed by atoms with van der Waals surface area (Å²) in [4.78, 5) is 2.42. The van der Waals surface area contributed by atoms with Crippen molar-refractivity contribution < 1.29 is 0 Å². The van der Waals surface area contributed by atoms with Crippen LogP contribution in [0.15, 0.2) is 249 Å². The maximum Gasteiger partial charge on any atom is 0.0467 e. The molecule has 12 rings (SSSR count). The highest BCUT2D eigenvalue weighted by Gasteiger charge is 2.35. The summed E-state index contributed by atoms with van der Waals surface area (Å²) in [7, 11) is 0. The predicted octanol–water partition coefficient (Wildman–Crippen LogP) is 18.1. The molecule has 0 amide bonds. The zero-order valence-corrected chi connectivity index (χ0v) is 37.1. The molecule has 312 valence electrons. The second-order valence-electron chi connectivity index (χ2n) is 18.1. The minimum atomic E-state index is -0.0780. The molecule has 0 heterocycles. The Kier molecular flexibility index (Phi) is 9.58. The molecule has 1 nitrogen and oxygen atoms in total. The van der Waals surface area contributed by atoms with Crippen molar-refractivity contribution in [2.45, 2.75) is 19.3 Å². The molecule has 0 saturated carbocycles. The number of hydrogen-bond donors (Lipinski definition) is 0. The van der Waals surface area contributed by atoms with E-state index >= 15 is 0 Å². The van der Waals surface area contributed by atoms with E-state index in [1.807, 2.05) is 0 Å². The van der Waals surface area contributed by atoms with Crippen LogP contribution in [0, 0.1) is 0 Å². The maximum atomic E-state index is 2.42. The van der Waals surface area contributed by atoms with Crippen LogP contribution in [0.4, 0.5) is 17.1 Å². The van der Waals surface area contributed by atoms with Crippen molar-refractivity contribution in [3.05, 3.63) is 260 Å². The van der Waals surface area contributed by atoms with Crippen LogP contribution in [0.2, 0.25) is 0 Å². The van der Waals surface area contributed by atoms with Crippen LogP contribution in [-0.2, 0) is 5.41 Å². The van der Waals surface area contributed by atoms with Crippen molar-refractivity contribution in [2.24, 2.45) is 0 Å². The molecule has 0 N–H and O–H groups in total. The lowest BCUT2D eigenvalue weighted by Gasteiger charge is -2.27. The summed E-state index contributed by atoms with van der Waals surface area (Å²) in [6.07, 6.45) is 0. The molecule has 0 atom stereocenters. The molecule has 0 aliphatic heterocycles. The van der Waals surface area contributed by atoms with Gasteiger partial charge in [-0.15, -0.1) is 0 Å². The summed E-state index contributed by atoms with van der Waals surface area (Å²) in [5, 5.41) is 5.05. The fourth-order valence-corrected chi connectivity index (χ4v) is 10.5. The molecule has 1 aliphatic rings. The van der Waals surface area contributed by atoms with Crippen LogP contribution in [0.25, 0.3) is 88.3 Å². The van der Waals surface area contributed by atoms with E-state index in [0.717, 1.165) is 17.1 Å². The van der Waals surface area contributed by atoms with Gasteiger partial charge >= 0.3 is 0 Å². The highest BCUT2D eigenvalue weighted by molar-refractivity contribution is 6.12. The normalized spacial score (nSPS) is 12.5. The first kappa shape index (κ1) is 39.3. The number of rotatable bonds is 8. The Balaban J connectivity index is 0.976. The van der Waals surface area contributed by atoms with E-state index in [0.29, 0.717) is 0 Å². The van der Waals surface area contributed by atoms with Crippen molar-refractivity contribution in [3.63, 3.8) is 0 Å². The first-order valence-corrected chi connectivity index (χ1v) is 23.0. The van der Waals surface area contributed by atoms with Crippen LogP contribution in [0.5, 0.6) is 0 Å². The molecule has 1 aliphatic carbocycles. The van der Waals surface area contributed by atoms with E-state index in [1.165, 1.54) is 99.4 Å². The Morgan fingerprint density at radius 2 is 0.788 bits per heavy atom. The summed E-state index contributed by atoms with van der Waals surface area (Å²) in [6, 6.07) is 91.4. The Hall–Kier alpha value is -8.26. The second kappa shape index (κ2) is 16.1. The molecule has 11 aromatic rings. The SMILES string of the molecule is CC1(C)c2ccccc2-c2ccc(-c3cccc(N(c4ccc(-c5ccc(-c6ccccc6)c(-c6ccccc6)c5)cc4)c4cccc(-c5cccc6c5ccc5ccccc56)c4)c3)cc21. The van der Waals surface area contributed by atoms with Gasteiger partial charge in [-0.3, -0.25) is 0 Å². The number of nitrogens with zero attached hydrogens (tertiary/aromatic N) is 1. The Morgan fingerprint density at radius 1 is 0.258 bits per heavy atom. The molecule has 0 aromatic heterocycles. The van der Waals surface area contributed by atoms with Crippen molar-refractivity contribution in [2.75, 3.05) is 4.90 Å². The minimum absolute atomic E-state index is 0.0780. The molecule has 0 fully saturated rings. The average molecular weight is 842 g/mol. The second-order valence-corrected chi connectivity index (χ2v) is 18.1. The quantitative estimate of drug-likeness (QED) is 0.138. The molecule has 0 saturated heterocycles. The van der Waals surface area contributed by atoms with E-state index in [-0.39, 0.29) is 5.41 Å². The van der Waals surface area contributed by atoms with Gasteiger partial charge in [-0.05, 0) is 148 Å². The third-order valence-electron chi connectivity index (χ3n) is 13.9. The molecule has 0 spiro atoms. The van der Waals surface area contributed by atoms with Crippen molar-refractivity contribution in [1.82, 2.24) is 0 Å². The lowest BCUT2D eigenvalue weighted by molar-refractivity contribution is 0.660. The van der Waals surface area contributed by atoms with Crippen LogP contribution in [0.3, 0.4) is 0 Å². The smallest absolute Gasteiger partial charge is 0.0467 e. The fraction of sp³-hybridized carbons (Fsp3) is 0.0462. The first-order chi connectivity index (χ1) is 32.5. The minimum Gasteiger partial charge on any atom is -0.310 e. The topological polar surface area (TPSA) is 3.24 Å². The first-order valence-electron chi connectivity index (χ1n) is 23.0. The Bertz CT molecular complexity index is 3600. The molecule has 11 aromatic carbocycles. The number of fused-ring (bicyclic) bond motifs is 6. The van der Waals surface area contributed by atoms with Crippen LogP contribution in [-0.4, -0.2) is 0 Å². The summed E-state index contributed by atoms with van der Waals surface area (Å²) in [5.74, 6) is 0. The van der Waals surface area contributed by atoms with Crippen LogP contribution in [0.1, 0.15) is 25.0 Å². The number of benzene rings is 11. The van der Waals surface area contributed by atoms with Gasteiger partial charge in [0.05, 0.1) is 0 Å². The summed E-state index contributed by atoms with van der Waals surface area (Å²) in [6.45, 7) is 4.71. The molecule has 66 heavy (non-hydrogen) atoms. The van der Waals surface area contributed by atoms with Crippen molar-refractivity contribution >= 4 is 38.6 Å². The third-order valence-corrected chi connectivity index (χ3v) is 13.9. The van der Waals surface area contributed by atoms with Crippen molar-refractivity contribution in [1.29, 1.82) is 0 Å². The van der Waals surface area contributed by atoms with Gasteiger partial charge in [0.1, 0.15) is 0 Å². The van der Waals surface area contributed by atoms with E-state index in [2.05, 4.69) is 267 Å². The zero-order valence-electron chi connectivity index (χ0n) is 37.1. The van der Waals surface area contributed by atoms with Gasteiger partial charge in [-0.1, -0.05) is 214 Å². The van der Waals surface area contributed by atoms with Gasteiger partial charge in [0.25, 0.3) is 0 Å². The van der Waals surface area contributed by atoms with Gasteiger partial charge in [0.2, 0.25) is 0 Å². The van der Waals surface area contributed by atoms with Gasteiger partial charge in [-0.2, -0.15) is 0 Å². The Morgan fingerprint density at radius 3 is 1.56 bits per heavy atom. The van der Waals surface area contributed by atoms with E-state index in [9.17, 15) is 0 Å². The van der Waals surface area contributed by atoms with Crippen molar-refractivity contribution in [3.8, 4) is 66.8 Å². The molecule has 0 radical (unpaired) electrons. The number of hydrogen-bond acceptors (Lipinski definition) is 1. The van der Waals surface area contributed by atoms with Crippen LogP contribution < -0.4 is 4.90 Å². The predicted molar refractivity (Wildman–Crippen MR) is 281 cm³/mol. The lowest BCUT2D eigenvalue weighted by Crippen LogP contribution is -2.14. The lowest BCUT2D eigenvalue weighted by atomic mass is 9.81. The van der Waals surface area contributed by atoms with Gasteiger partial charge < -0.3 is 4.90 Å². The third kappa shape index (κ3) is 6.80. The average Bonchev–Trinajstić information content (AvgIpc) is 3.62. The van der Waals surface area contributed by atoms with Gasteiger partial charge in [-0.25, -0.2) is 0 Å². The molecular formula is C65H47N. The standard InChI is InChI=1S/C65H47N/c1-65(2)63-29-12-11-26-60(63)61-39-34-50(43-64(61)65)48-21-13-23-53(40-48)66(54-24-14-22-51(41-54)56-27-15-28-58-55-25-10-9-20-47(55)32-38-59(56)58)52-35-30-44(31-36-52)49-33-37-57(45-16-5-3-6-17-45)62(42-49)46-18-7-4-8-19-46/h3-43H,1-2H3. The van der Waals surface area contributed by atoms with Gasteiger partial charge in [0, 0.05) is 22.5 Å². The number of anilines is 3. The highest BCUT2D eigenvalue weighted by Crippen LogP contribution is 2.50. The van der Waals surface area contributed by atoms with E-state index in [1.54, 1.807) is 0 Å². The molecule has 0 unspecified atom stereocenters. The largest absolute Gasteiger partial charge is 0.310 e. The van der Waals surface area contributed by atoms with E-state index in [4.69, 9.17) is 0 Å². The summed E-state index contributed by atoms with van der Waals surface area (Å²) >= 11 is 0. The zero-order chi connectivity index (χ0) is 44.2. The molecule has 0 bridgehead atoms.